The molecule has 1 atom stereocenters. The van der Waals surface area contributed by atoms with Gasteiger partial charge in [0.2, 0.25) is 0 Å². The molecule has 0 fully saturated rings. The molecule has 7 heteroatoms. The highest BCUT2D eigenvalue weighted by molar-refractivity contribution is 5.98. The van der Waals surface area contributed by atoms with Crippen molar-refractivity contribution in [2.24, 2.45) is 0 Å². The van der Waals surface area contributed by atoms with E-state index in [9.17, 15) is 14.4 Å². The molecule has 0 bridgehead atoms. The second-order valence-corrected chi connectivity index (χ2v) is 5.54. The molecule has 0 aromatic heterocycles. The molecule has 132 valence electrons. The number of benzene rings is 1. The minimum atomic E-state index is -1.09. The van der Waals surface area contributed by atoms with Crippen LogP contribution < -0.4 is 15.4 Å². The summed E-state index contributed by atoms with van der Waals surface area (Å²) in [5, 5.41) is 4.63. The largest absolute Gasteiger partial charge is 0.494 e. The van der Waals surface area contributed by atoms with Gasteiger partial charge >= 0.3 is 12.0 Å². The van der Waals surface area contributed by atoms with Crippen LogP contribution in [0, 0.1) is 0 Å². The van der Waals surface area contributed by atoms with Gasteiger partial charge < -0.3 is 14.8 Å². The average molecular weight is 336 g/mol. The Morgan fingerprint density at radius 1 is 1.08 bits per heavy atom. The van der Waals surface area contributed by atoms with Crippen LogP contribution in [-0.4, -0.2) is 36.7 Å². The van der Waals surface area contributed by atoms with Gasteiger partial charge in [0.05, 0.1) is 12.2 Å². The SMILES string of the molecule is CCCOc1ccc(C(=O)O[C@@H](C)C(=O)NC(=O)NC(C)C)cc1. The summed E-state index contributed by atoms with van der Waals surface area (Å²) in [6.45, 7) is 7.52. The molecule has 0 aliphatic carbocycles. The second kappa shape index (κ2) is 9.54. The van der Waals surface area contributed by atoms with Crippen LogP contribution in [0.2, 0.25) is 0 Å². The zero-order valence-corrected chi connectivity index (χ0v) is 14.4. The van der Waals surface area contributed by atoms with Crippen LogP contribution in [0.3, 0.4) is 0 Å². The van der Waals surface area contributed by atoms with Crippen molar-refractivity contribution in [3.05, 3.63) is 29.8 Å². The Morgan fingerprint density at radius 3 is 2.25 bits per heavy atom. The molecule has 0 saturated carbocycles. The van der Waals surface area contributed by atoms with E-state index in [0.29, 0.717) is 17.9 Å². The first-order chi connectivity index (χ1) is 11.3. The lowest BCUT2D eigenvalue weighted by atomic mass is 10.2. The smallest absolute Gasteiger partial charge is 0.338 e. The van der Waals surface area contributed by atoms with Crippen molar-refractivity contribution in [1.82, 2.24) is 10.6 Å². The fourth-order valence-corrected chi connectivity index (χ4v) is 1.70. The minimum Gasteiger partial charge on any atom is -0.494 e. The summed E-state index contributed by atoms with van der Waals surface area (Å²) in [6, 6.07) is 5.70. The topological polar surface area (TPSA) is 93.7 Å². The van der Waals surface area contributed by atoms with Crippen LogP contribution in [0.1, 0.15) is 44.5 Å². The standard InChI is InChI=1S/C17H24N2O5/c1-5-10-23-14-8-6-13(7-9-14)16(21)24-12(4)15(20)19-17(22)18-11(2)3/h6-9,11-12H,5,10H2,1-4H3,(H2,18,19,20,22)/t12-/m0/s1. The van der Waals surface area contributed by atoms with E-state index in [-0.39, 0.29) is 6.04 Å². The summed E-state index contributed by atoms with van der Waals surface area (Å²) in [4.78, 5) is 35.3. The molecule has 0 heterocycles. The van der Waals surface area contributed by atoms with Crippen molar-refractivity contribution >= 4 is 17.9 Å². The van der Waals surface area contributed by atoms with Crippen LogP contribution >= 0.6 is 0 Å². The van der Waals surface area contributed by atoms with Gasteiger partial charge in [-0.3, -0.25) is 10.1 Å². The zero-order chi connectivity index (χ0) is 18.1. The Bertz CT molecular complexity index is 569. The Morgan fingerprint density at radius 2 is 1.71 bits per heavy atom. The van der Waals surface area contributed by atoms with Crippen LogP contribution in [0.5, 0.6) is 5.75 Å². The maximum Gasteiger partial charge on any atom is 0.338 e. The molecule has 1 rings (SSSR count). The van der Waals surface area contributed by atoms with Crippen LogP contribution in [-0.2, 0) is 9.53 Å². The number of rotatable bonds is 7. The molecule has 24 heavy (non-hydrogen) atoms. The summed E-state index contributed by atoms with van der Waals surface area (Å²) in [5.41, 5.74) is 0.296. The third-order valence-electron chi connectivity index (χ3n) is 2.87. The lowest BCUT2D eigenvalue weighted by molar-refractivity contribution is -0.127. The van der Waals surface area contributed by atoms with Crippen LogP contribution in [0.15, 0.2) is 24.3 Å². The highest BCUT2D eigenvalue weighted by atomic mass is 16.5. The maximum atomic E-state index is 12.0. The number of amides is 3. The molecule has 7 nitrogen and oxygen atoms in total. The molecule has 2 N–H and O–H groups in total. The molecule has 0 aliphatic heterocycles. The summed E-state index contributed by atoms with van der Waals surface area (Å²) in [5.74, 6) is -0.682. The normalized spacial score (nSPS) is 11.5. The van der Waals surface area contributed by atoms with Crippen molar-refractivity contribution in [2.45, 2.75) is 46.3 Å². The van der Waals surface area contributed by atoms with E-state index in [1.165, 1.54) is 6.92 Å². The quantitative estimate of drug-likeness (QED) is 0.745. The Hall–Kier alpha value is -2.57. The summed E-state index contributed by atoms with van der Waals surface area (Å²) in [7, 11) is 0. The predicted octanol–water partition coefficient (Wildman–Crippen LogP) is 2.25. The van der Waals surface area contributed by atoms with Crippen molar-refractivity contribution in [3.8, 4) is 5.75 Å². The number of nitrogens with one attached hydrogen (secondary N) is 2. The summed E-state index contributed by atoms with van der Waals surface area (Å²) >= 11 is 0. The lowest BCUT2D eigenvalue weighted by Gasteiger charge is -2.14. The second-order valence-electron chi connectivity index (χ2n) is 5.54. The first-order valence-electron chi connectivity index (χ1n) is 7.88. The summed E-state index contributed by atoms with van der Waals surface area (Å²) < 4.78 is 10.5. The number of imide groups is 1. The Labute approximate surface area is 141 Å². The van der Waals surface area contributed by atoms with Crippen molar-refractivity contribution < 1.29 is 23.9 Å². The van der Waals surface area contributed by atoms with Crippen molar-refractivity contribution in [1.29, 1.82) is 0 Å². The van der Waals surface area contributed by atoms with Gasteiger partial charge in [-0.2, -0.15) is 0 Å². The van der Waals surface area contributed by atoms with Gasteiger partial charge in [0.1, 0.15) is 5.75 Å². The average Bonchev–Trinajstić information content (AvgIpc) is 2.52. The molecule has 1 aromatic rings. The molecule has 3 amide bonds. The van der Waals surface area contributed by atoms with Crippen molar-refractivity contribution in [2.75, 3.05) is 6.61 Å². The van der Waals surface area contributed by atoms with E-state index in [1.54, 1.807) is 38.1 Å². The van der Waals surface area contributed by atoms with Gasteiger partial charge in [-0.05, 0) is 51.5 Å². The molecule has 1 aromatic carbocycles. The van der Waals surface area contributed by atoms with Gasteiger partial charge in [-0.15, -0.1) is 0 Å². The third-order valence-corrected chi connectivity index (χ3v) is 2.87. The van der Waals surface area contributed by atoms with E-state index >= 15 is 0 Å². The van der Waals surface area contributed by atoms with Gasteiger partial charge in [0.25, 0.3) is 5.91 Å². The van der Waals surface area contributed by atoms with E-state index in [2.05, 4.69) is 10.6 Å². The molecule has 0 spiro atoms. The molecule has 0 saturated heterocycles. The van der Waals surface area contributed by atoms with Gasteiger partial charge in [-0.25, -0.2) is 9.59 Å². The van der Waals surface area contributed by atoms with E-state index < -0.39 is 24.0 Å². The summed E-state index contributed by atoms with van der Waals surface area (Å²) in [6.07, 6.45) is -0.202. The molecular weight excluding hydrogens is 312 g/mol. The maximum absolute atomic E-state index is 12.0. The number of esters is 1. The molecular formula is C17H24N2O5. The van der Waals surface area contributed by atoms with Gasteiger partial charge in [0.15, 0.2) is 6.10 Å². The Balaban J connectivity index is 2.53. The zero-order valence-electron chi connectivity index (χ0n) is 14.4. The third kappa shape index (κ3) is 6.68. The number of carbonyl (C=O) groups excluding carboxylic acids is 3. The van der Waals surface area contributed by atoms with Crippen LogP contribution in [0.25, 0.3) is 0 Å². The highest BCUT2D eigenvalue weighted by Crippen LogP contribution is 2.13. The highest BCUT2D eigenvalue weighted by Gasteiger charge is 2.21. The Kier molecular flexibility index (Phi) is 7.74. The number of ether oxygens (including phenoxy) is 2. The van der Waals surface area contributed by atoms with Crippen molar-refractivity contribution in [3.63, 3.8) is 0 Å². The predicted molar refractivity (Wildman–Crippen MR) is 88.9 cm³/mol. The molecule has 0 radical (unpaired) electrons. The fourth-order valence-electron chi connectivity index (χ4n) is 1.70. The number of hydrogen-bond acceptors (Lipinski definition) is 5. The first kappa shape index (κ1) is 19.5. The minimum absolute atomic E-state index is 0.107. The monoisotopic (exact) mass is 336 g/mol. The van der Waals surface area contributed by atoms with E-state index in [0.717, 1.165) is 6.42 Å². The first-order valence-corrected chi connectivity index (χ1v) is 7.88. The fraction of sp³-hybridized carbons (Fsp3) is 0.471. The van der Waals surface area contributed by atoms with E-state index in [4.69, 9.17) is 9.47 Å². The van der Waals surface area contributed by atoms with Gasteiger partial charge in [0, 0.05) is 6.04 Å². The number of carbonyl (C=O) groups is 3. The molecule has 0 aliphatic rings. The van der Waals surface area contributed by atoms with E-state index in [1.807, 2.05) is 6.92 Å². The van der Waals surface area contributed by atoms with Crippen LogP contribution in [0.4, 0.5) is 4.79 Å². The van der Waals surface area contributed by atoms with Gasteiger partial charge in [-0.1, -0.05) is 6.92 Å². The molecule has 0 unspecified atom stereocenters. The number of urea groups is 1. The lowest BCUT2D eigenvalue weighted by Crippen LogP contribution is -2.46. The number of hydrogen-bond donors (Lipinski definition) is 2.